The van der Waals surface area contributed by atoms with E-state index in [2.05, 4.69) is 182 Å². The summed E-state index contributed by atoms with van der Waals surface area (Å²) in [7, 11) is 0. The van der Waals surface area contributed by atoms with Crippen LogP contribution in [0.2, 0.25) is 0 Å². The van der Waals surface area contributed by atoms with Gasteiger partial charge in [0.15, 0.2) is 0 Å². The second-order valence-electron chi connectivity index (χ2n) is 18.6. The molecule has 0 aliphatic heterocycles. The highest BCUT2D eigenvalue weighted by Crippen LogP contribution is 2.49. The van der Waals surface area contributed by atoms with Crippen LogP contribution < -0.4 is 5.73 Å². The molecule has 0 aliphatic rings. The summed E-state index contributed by atoms with van der Waals surface area (Å²) < 4.78 is 19.8. The number of rotatable bonds is 33. The van der Waals surface area contributed by atoms with Gasteiger partial charge in [-0.15, -0.1) is 0 Å². The lowest BCUT2D eigenvalue weighted by molar-refractivity contribution is -0.0145. The summed E-state index contributed by atoms with van der Waals surface area (Å²) >= 11 is 19.8. The Morgan fingerprint density at radius 1 is 0.294 bits per heavy atom. The monoisotopic (exact) mass is 1020 g/mol. The molecular weight excluding hydrogens is 948 g/mol. The Labute approximate surface area is 425 Å². The average Bonchev–Trinajstić information content (AvgIpc) is 3.39. The van der Waals surface area contributed by atoms with E-state index in [9.17, 15) is 0 Å². The molecule has 362 valence electrons. The lowest BCUT2D eigenvalue weighted by Crippen LogP contribution is -2.53. The Kier molecular flexibility index (Phi) is 23.6. The highest BCUT2D eigenvalue weighted by atomic mass is 32.4. The Bertz CT molecular complexity index is 2020. The van der Waals surface area contributed by atoms with Gasteiger partial charge in [0, 0.05) is 18.5 Å². The Hall–Kier alpha value is -2.89. The molecule has 6 rings (SSSR count). The highest BCUT2D eigenvalue weighted by molar-refractivity contribution is 8.15. The van der Waals surface area contributed by atoms with E-state index in [-0.39, 0.29) is 0 Å². The fourth-order valence-corrected chi connectivity index (χ4v) is 18.2. The third-order valence-electron chi connectivity index (χ3n) is 13.0. The van der Waals surface area contributed by atoms with E-state index in [4.69, 9.17) is 55.4 Å². The van der Waals surface area contributed by atoms with Crippen molar-refractivity contribution in [1.29, 1.82) is 0 Å². The minimum atomic E-state index is -1.75. The summed E-state index contributed by atoms with van der Waals surface area (Å²) in [6, 6.07) is 59.2. The van der Waals surface area contributed by atoms with Gasteiger partial charge in [-0.3, -0.25) is 0 Å². The minimum absolute atomic E-state index is 0.325. The van der Waals surface area contributed by atoms with Crippen LogP contribution in [0.25, 0.3) is 0 Å². The zero-order valence-corrected chi connectivity index (χ0v) is 45.2. The third kappa shape index (κ3) is 20.8. The topological polar surface area (TPSA) is 53.7 Å². The van der Waals surface area contributed by atoms with Crippen LogP contribution in [-0.4, -0.2) is 101 Å². The molecule has 2 N–H and O–H groups in total. The van der Waals surface area contributed by atoms with Crippen molar-refractivity contribution in [2.45, 2.75) is 44.1 Å². The van der Waals surface area contributed by atoms with Crippen molar-refractivity contribution in [1.82, 2.24) is 0 Å². The first-order valence-electron chi connectivity index (χ1n) is 24.6. The van der Waals surface area contributed by atoms with E-state index in [0.717, 1.165) is 94.0 Å². The molecule has 4 nitrogen and oxygen atoms in total. The van der Waals surface area contributed by atoms with Gasteiger partial charge >= 0.3 is 0 Å². The third-order valence-corrected chi connectivity index (χ3v) is 27.2. The summed E-state index contributed by atoms with van der Waals surface area (Å²) in [5.41, 5.74) is 14.5. The van der Waals surface area contributed by atoms with Crippen LogP contribution in [0.1, 0.15) is 33.4 Å². The van der Waals surface area contributed by atoms with Gasteiger partial charge in [0.25, 0.3) is 0 Å². The number of aryl methyl sites for hydroxylation is 6. The molecule has 0 atom stereocenters. The van der Waals surface area contributed by atoms with Crippen LogP contribution in [-0.2, 0) is 88.2 Å². The summed E-state index contributed by atoms with van der Waals surface area (Å²) in [6.45, 7) is 2.68. The fraction of sp³-hybridized carbons (Fsp3) is 0.379. The van der Waals surface area contributed by atoms with Crippen molar-refractivity contribution < 1.29 is 14.2 Å². The van der Waals surface area contributed by atoms with E-state index in [0.29, 0.717) is 39.6 Å². The Morgan fingerprint density at radius 2 is 0.471 bits per heavy atom. The maximum Gasteiger partial charge on any atom is 0.0865 e. The number of hydrogen-bond donors (Lipinski definition) is 1. The molecular formula is C58H74NO3P3S3. The SMILES string of the molecule is NC(COCCP(=S)(CCc1ccccc1)CCc1ccccc1)(COCCP(=S)(CCc1ccccc1)CCc1ccccc1)COCCP(=S)(CCc1ccccc1)CCc1ccccc1. The second kappa shape index (κ2) is 29.5. The minimum Gasteiger partial charge on any atom is -0.379 e. The predicted octanol–water partition coefficient (Wildman–Crippen LogP) is 12.6. The van der Waals surface area contributed by atoms with Gasteiger partial charge in [-0.05, 0) is 127 Å². The van der Waals surface area contributed by atoms with E-state index in [1.54, 1.807) is 0 Å². The number of ether oxygens (including phenoxy) is 3. The largest absolute Gasteiger partial charge is 0.379 e. The second-order valence-corrected chi connectivity index (χ2v) is 36.0. The first-order chi connectivity index (χ1) is 33.1. The van der Waals surface area contributed by atoms with Crippen LogP contribution in [0.5, 0.6) is 0 Å². The lowest BCUT2D eigenvalue weighted by atomic mass is 10.1. The molecule has 0 fully saturated rings. The van der Waals surface area contributed by atoms with Crippen LogP contribution in [0.4, 0.5) is 0 Å². The predicted molar refractivity (Wildman–Crippen MR) is 307 cm³/mol. The van der Waals surface area contributed by atoms with Crippen molar-refractivity contribution in [2.75, 3.05) is 95.1 Å². The van der Waals surface area contributed by atoms with Crippen molar-refractivity contribution in [3.63, 3.8) is 0 Å². The van der Waals surface area contributed by atoms with E-state index < -0.39 is 23.7 Å². The molecule has 0 heterocycles. The first-order valence-corrected chi connectivity index (χ1v) is 34.6. The van der Waals surface area contributed by atoms with Gasteiger partial charge in [-0.2, -0.15) is 0 Å². The first kappa shape index (κ1) is 54.4. The molecule has 0 saturated heterocycles. The van der Waals surface area contributed by atoms with Gasteiger partial charge in [0.2, 0.25) is 0 Å². The van der Waals surface area contributed by atoms with Crippen LogP contribution in [0, 0.1) is 0 Å². The Morgan fingerprint density at radius 3 is 0.647 bits per heavy atom. The maximum atomic E-state index is 7.33. The summed E-state index contributed by atoms with van der Waals surface area (Å²) in [4.78, 5) is 0. The Balaban J connectivity index is 1.10. The van der Waals surface area contributed by atoms with Crippen LogP contribution in [0.3, 0.4) is 0 Å². The number of nitrogens with two attached hydrogens (primary N) is 1. The molecule has 10 heteroatoms. The molecule has 0 spiro atoms. The van der Waals surface area contributed by atoms with E-state index >= 15 is 0 Å². The zero-order valence-electron chi connectivity index (χ0n) is 40.0. The standard InChI is InChI=1S/C58H74NO3P3S3/c59-58(49-60-37-46-63(66,40-31-52-19-7-1-8-20-52)41-32-53-21-9-2-10-22-53,50-61-38-47-64(67,42-33-54-23-11-3-12-24-54)43-34-55-25-13-4-14-26-55)51-62-39-48-65(68,44-35-56-27-15-5-16-28-56)45-36-57-29-17-6-18-30-57/h1-30H,31-51,59H2. The van der Waals surface area contributed by atoms with Crippen molar-refractivity contribution >= 4 is 53.5 Å². The van der Waals surface area contributed by atoms with Gasteiger partial charge in [-0.1, -0.05) is 217 Å². The summed E-state index contributed by atoms with van der Waals surface area (Å²) in [5.74, 6) is 0. The smallest absolute Gasteiger partial charge is 0.0865 e. The lowest BCUT2D eigenvalue weighted by Gasteiger charge is -2.31. The molecule has 6 aromatic rings. The average molecular weight is 1020 g/mol. The summed E-state index contributed by atoms with van der Waals surface area (Å²) in [6.07, 6.45) is 14.7. The van der Waals surface area contributed by atoms with E-state index in [1.807, 2.05) is 0 Å². The molecule has 0 bridgehead atoms. The van der Waals surface area contributed by atoms with Crippen molar-refractivity contribution in [2.24, 2.45) is 5.73 Å². The van der Waals surface area contributed by atoms with Gasteiger partial charge in [0.1, 0.15) is 0 Å². The molecule has 0 aromatic heterocycles. The maximum absolute atomic E-state index is 7.33. The van der Waals surface area contributed by atoms with Crippen LogP contribution in [0.15, 0.2) is 182 Å². The molecule has 0 saturated carbocycles. The molecule has 0 aliphatic carbocycles. The molecule has 6 aromatic carbocycles. The van der Waals surface area contributed by atoms with Crippen molar-refractivity contribution in [3.8, 4) is 0 Å². The highest BCUT2D eigenvalue weighted by Gasteiger charge is 2.29. The van der Waals surface area contributed by atoms with Gasteiger partial charge in [-0.25, -0.2) is 0 Å². The molecule has 68 heavy (non-hydrogen) atoms. The van der Waals surface area contributed by atoms with Crippen LogP contribution >= 0.6 is 18.1 Å². The van der Waals surface area contributed by atoms with Crippen molar-refractivity contribution in [3.05, 3.63) is 215 Å². The van der Waals surface area contributed by atoms with Gasteiger partial charge < -0.3 is 19.9 Å². The number of benzene rings is 6. The normalized spacial score (nSPS) is 12.3. The number of hydrogen-bond acceptors (Lipinski definition) is 7. The zero-order chi connectivity index (χ0) is 47.6. The summed E-state index contributed by atoms with van der Waals surface area (Å²) in [5, 5.41) is 0. The van der Waals surface area contributed by atoms with Gasteiger partial charge in [0.05, 0.1) is 45.2 Å². The van der Waals surface area contributed by atoms with E-state index in [1.165, 1.54) is 33.4 Å². The quantitative estimate of drug-likeness (QED) is 0.0326. The molecule has 0 unspecified atom stereocenters. The fourth-order valence-electron chi connectivity index (χ4n) is 8.52. The molecule has 0 amide bonds. The molecule has 0 radical (unpaired) electrons.